The van der Waals surface area contributed by atoms with Gasteiger partial charge in [-0.25, -0.2) is 19.9 Å². The number of nitrogens with one attached hydrogen (secondary N) is 4. The molecule has 4 N–H and O–H groups in total. The zero-order chi connectivity index (χ0) is 18.8. The largest absolute Gasteiger partial charge is 2.00 e. The van der Waals surface area contributed by atoms with Crippen LogP contribution in [-0.2, 0) is 311 Å². The van der Waals surface area contributed by atoms with Gasteiger partial charge in [-0.15, -0.1) is 0 Å². The van der Waals surface area contributed by atoms with E-state index in [0.717, 1.165) is 0 Å². The van der Waals surface area contributed by atoms with Crippen LogP contribution >= 0.6 is 0 Å². The van der Waals surface area contributed by atoms with E-state index in [1.807, 2.05) is 49.3 Å². The van der Waals surface area contributed by atoms with E-state index in [4.69, 9.17) is 0 Å². The summed E-state index contributed by atoms with van der Waals surface area (Å²) < 4.78 is 0. The summed E-state index contributed by atoms with van der Waals surface area (Å²) in [6, 6.07) is 21.6. The van der Waals surface area contributed by atoms with Crippen molar-refractivity contribution in [3.63, 3.8) is 0 Å². The van der Waals surface area contributed by atoms with Crippen LogP contribution < -0.4 is 19.9 Å². The molecule has 0 aromatic carbocycles. The molecule has 62 heavy (non-hydrogen) atoms. The summed E-state index contributed by atoms with van der Waals surface area (Å²) in [7, 11) is 0. The third kappa shape index (κ3) is 52.0. The molecule has 38 heteroatoms. The van der Waals surface area contributed by atoms with Gasteiger partial charge in [0, 0.05) is 229 Å². The number of pyridine rings is 4. The predicted octanol–water partition coefficient (Wildman–Crippen LogP) is -0.717. The molecule has 0 saturated heterocycles. The van der Waals surface area contributed by atoms with Crippen molar-refractivity contribution in [3.05, 3.63) is 120 Å². The molecule has 0 atom stereocenters. The standard InChI is InChI=1S/C24H20N4.8Mo.26O/c1-3-11-27-19(5-1)23-21(17-7-13-25-14-8-17)24(20-6-2-4-12-28-20)22(23)18-9-15-26-16-10-18;;;;;;;;;;;;;;;;;;;;;;;;;;;;;;;;;;/h1-16,21-24H;;;;;;;;;;;;;;;;;;;;;;;;;;;;;;;;;;/q;;;;;;;;;26*-2/p+4. The minimum absolute atomic E-state index is 0. The summed E-state index contributed by atoms with van der Waals surface area (Å²) in [5.74, 6) is 1.54. The predicted molar refractivity (Wildman–Crippen MR) is 121 cm³/mol. The Hall–Kier alpha value is 1.07. The van der Waals surface area contributed by atoms with Gasteiger partial charge in [-0.05, 0) is 11.1 Å². The molecule has 1 aliphatic carbocycles. The number of rotatable bonds is 4. The SMILES string of the molecule is [Mo].[Mo].[Mo].[Mo].[Mo].[Mo].[Mo].[Mo].[O-2].[O-2].[O-2].[O-2].[O-2].[O-2].[O-2].[O-2].[O-2].[O-2].[O-2].[O-2].[O-2].[O-2].[O-2].[O-2].[O-2].[O-2].[O-2].[O-2].[O-2].[O-2].[O-2].[O-2].[O-2].[O-2].c1ccc(C2C(c3cc[nH+]cc3)C(c3cccc[nH+]3)C2c2cc[nH+]cc2)[nH+]c1. The second kappa shape index (κ2) is 114. The first kappa shape index (κ1) is 222. The van der Waals surface area contributed by atoms with Crippen molar-refractivity contribution in [1.29, 1.82) is 0 Å². The second-order valence-electron chi connectivity index (χ2n) is 7.41. The van der Waals surface area contributed by atoms with E-state index in [1.54, 1.807) is 0 Å². The Morgan fingerprint density at radius 3 is 0.581 bits per heavy atom. The molecule has 0 spiro atoms. The summed E-state index contributed by atoms with van der Waals surface area (Å²) in [6.45, 7) is 0. The van der Waals surface area contributed by atoms with Gasteiger partial charge < -0.3 is 142 Å². The van der Waals surface area contributed by atoms with E-state index in [9.17, 15) is 0 Å². The summed E-state index contributed by atoms with van der Waals surface area (Å²) in [6.07, 6.45) is 12.2. The van der Waals surface area contributed by atoms with Crippen LogP contribution in [0.4, 0.5) is 0 Å². The maximum Gasteiger partial charge on any atom is 0.183 e. The van der Waals surface area contributed by atoms with E-state index >= 15 is 0 Å². The van der Waals surface area contributed by atoms with Crippen LogP contribution in [-0.4, -0.2) is 0 Å². The zero-order valence-corrected chi connectivity index (χ0v) is 45.5. The third-order valence-corrected chi connectivity index (χ3v) is 5.99. The average Bonchev–Trinajstić information content (AvgIpc) is 2.76. The molecule has 5 rings (SSSR count). The molecule has 1 fully saturated rings. The van der Waals surface area contributed by atoms with Crippen molar-refractivity contribution in [2.45, 2.75) is 23.7 Å². The maximum atomic E-state index is 3.52. The zero-order valence-electron chi connectivity index (χ0n) is 29.4. The van der Waals surface area contributed by atoms with Crippen LogP contribution in [0.5, 0.6) is 0 Å². The first-order chi connectivity index (χ1) is 13.9. The normalized spacial score (nSPS) is 10.7. The summed E-state index contributed by atoms with van der Waals surface area (Å²) in [4.78, 5) is 13.4. The summed E-state index contributed by atoms with van der Waals surface area (Å²) >= 11 is 0. The quantitative estimate of drug-likeness (QED) is 0.229. The number of hydrogen-bond acceptors (Lipinski definition) is 0. The number of aromatic amines is 4. The molecule has 0 bridgehead atoms. The van der Waals surface area contributed by atoms with Gasteiger partial charge in [0.25, 0.3) is 0 Å². The maximum absolute atomic E-state index is 3.52. The van der Waals surface area contributed by atoms with Crippen molar-refractivity contribution in [2.24, 2.45) is 0 Å². The van der Waals surface area contributed by atoms with Crippen LogP contribution in [0, 0.1) is 0 Å². The molecule has 4 aromatic heterocycles. The molecule has 4 aromatic rings. The van der Waals surface area contributed by atoms with Crippen LogP contribution in [0.1, 0.15) is 46.2 Å². The van der Waals surface area contributed by atoms with E-state index in [0.29, 0.717) is 23.7 Å². The van der Waals surface area contributed by atoms with E-state index in [-0.39, 0.29) is 311 Å². The van der Waals surface area contributed by atoms with E-state index < -0.39 is 0 Å². The molecular formula is C24H24Mo8N4O26-48. The fraction of sp³-hybridized carbons (Fsp3) is 0.167. The van der Waals surface area contributed by atoms with Crippen LogP contribution in [0.2, 0.25) is 0 Å². The molecule has 392 valence electrons. The van der Waals surface area contributed by atoms with Gasteiger partial charge >= 0.3 is 0 Å². The van der Waals surface area contributed by atoms with Gasteiger partial charge in [-0.3, -0.25) is 0 Å². The van der Waals surface area contributed by atoms with Crippen molar-refractivity contribution in [2.75, 3.05) is 0 Å². The summed E-state index contributed by atoms with van der Waals surface area (Å²) in [5, 5.41) is 0. The van der Waals surface area contributed by atoms with Gasteiger partial charge in [0.05, 0.1) is 11.8 Å². The number of aromatic nitrogens is 4. The van der Waals surface area contributed by atoms with Gasteiger partial charge in [-0.1, -0.05) is 12.1 Å². The van der Waals surface area contributed by atoms with Crippen LogP contribution in [0.25, 0.3) is 0 Å². The number of hydrogen-bond donors (Lipinski definition) is 0. The average molecular weight is 1550 g/mol. The molecule has 0 aliphatic heterocycles. The second-order valence-corrected chi connectivity index (χ2v) is 7.41. The van der Waals surface area contributed by atoms with E-state index in [2.05, 4.69) is 68.5 Å². The minimum atomic E-state index is 0. The van der Waals surface area contributed by atoms with Crippen molar-refractivity contribution < 1.29 is 331 Å². The number of H-pyrrole nitrogens is 4. The first-order valence-corrected chi connectivity index (χ1v) is 9.79. The van der Waals surface area contributed by atoms with E-state index in [1.165, 1.54) is 22.5 Å². The van der Waals surface area contributed by atoms with Gasteiger partial charge in [0.15, 0.2) is 48.6 Å². The Bertz CT molecular complexity index is 930. The molecule has 0 amide bonds. The van der Waals surface area contributed by atoms with Crippen LogP contribution in [0.3, 0.4) is 0 Å². The smallest absolute Gasteiger partial charge is 0.183 e. The molecule has 4 heterocycles. The van der Waals surface area contributed by atoms with Gasteiger partial charge in [0.2, 0.25) is 0 Å². The Labute approximate surface area is 470 Å². The summed E-state index contributed by atoms with van der Waals surface area (Å²) in [5.41, 5.74) is 5.29. The van der Waals surface area contributed by atoms with Gasteiger partial charge in [0.1, 0.15) is 0 Å². The van der Waals surface area contributed by atoms with Gasteiger partial charge in [-0.2, -0.15) is 0 Å². The Morgan fingerprint density at radius 2 is 0.419 bits per heavy atom. The first-order valence-electron chi connectivity index (χ1n) is 9.79. The topological polar surface area (TPSA) is 798 Å². The van der Waals surface area contributed by atoms with Crippen molar-refractivity contribution in [1.82, 2.24) is 0 Å². The van der Waals surface area contributed by atoms with Crippen LogP contribution in [0.15, 0.2) is 97.8 Å². The molecule has 1 saturated carbocycles. The monoisotopic (exact) mass is 1570 g/mol. The minimum Gasteiger partial charge on any atom is -2.00 e. The molecule has 1 aliphatic rings. The molecule has 0 radical (unpaired) electrons. The molecule has 0 unspecified atom stereocenters. The third-order valence-electron chi connectivity index (χ3n) is 5.99. The Kier molecular flexibility index (Phi) is 408. The Balaban J connectivity index is -0.0000000108. The molecule has 30 nitrogen and oxygen atoms in total. The fourth-order valence-corrected chi connectivity index (χ4v) is 4.82. The fourth-order valence-electron chi connectivity index (χ4n) is 4.82. The Morgan fingerprint density at radius 1 is 0.226 bits per heavy atom. The molecular weight excluding hydrogens is 1530 g/mol. The van der Waals surface area contributed by atoms with Crippen molar-refractivity contribution >= 4 is 0 Å². The van der Waals surface area contributed by atoms with Crippen molar-refractivity contribution in [3.8, 4) is 0 Å².